The van der Waals surface area contributed by atoms with E-state index in [4.69, 9.17) is 10.8 Å². The van der Waals surface area contributed by atoms with E-state index in [0.29, 0.717) is 5.75 Å². The van der Waals surface area contributed by atoms with Gasteiger partial charge in [-0.2, -0.15) is 0 Å². The fraction of sp³-hybridized carbons (Fsp3) is 0.455. The van der Waals surface area contributed by atoms with Gasteiger partial charge in [-0.1, -0.05) is 6.07 Å². The maximum atomic E-state index is 9.25. The van der Waals surface area contributed by atoms with Crippen LogP contribution in [0.5, 0.6) is 0 Å². The molecule has 1 rings (SSSR count). The lowest BCUT2D eigenvalue weighted by molar-refractivity contribution is 0.113. The van der Waals surface area contributed by atoms with Crippen molar-refractivity contribution in [2.24, 2.45) is 5.73 Å². The molecule has 0 spiro atoms. The van der Waals surface area contributed by atoms with Crippen molar-refractivity contribution in [3.8, 4) is 0 Å². The average Bonchev–Trinajstić information content (AvgIpc) is 2.26. The normalized spacial score (nSPS) is 14.8. The van der Waals surface area contributed by atoms with E-state index in [1.54, 1.807) is 0 Å². The highest BCUT2D eigenvalue weighted by Crippen LogP contribution is 2.30. The van der Waals surface area contributed by atoms with Gasteiger partial charge in [-0.05, 0) is 40.5 Å². The molecule has 0 saturated heterocycles. The van der Waals surface area contributed by atoms with Crippen LogP contribution in [0.3, 0.4) is 0 Å². The second kappa shape index (κ2) is 6.61. The van der Waals surface area contributed by atoms with Gasteiger partial charge in [0.15, 0.2) is 0 Å². The first-order valence-corrected chi connectivity index (χ1v) is 6.79. The third-order valence-electron chi connectivity index (χ3n) is 2.12. The Morgan fingerprint density at radius 3 is 2.69 bits per heavy atom. The molecule has 0 aromatic heterocycles. The molecule has 0 bridgehead atoms. The number of nitrogens with two attached hydrogens (primary N) is 1. The molecule has 4 N–H and O–H groups in total. The molecule has 5 heteroatoms. The topological polar surface area (TPSA) is 66.5 Å². The largest absolute Gasteiger partial charge is 0.394 e. The number of benzene rings is 1. The zero-order valence-corrected chi connectivity index (χ0v) is 11.5. The molecule has 3 nitrogen and oxygen atoms in total. The van der Waals surface area contributed by atoms with Crippen LogP contribution in [-0.2, 0) is 0 Å². The van der Waals surface area contributed by atoms with Gasteiger partial charge in [-0.3, -0.25) is 0 Å². The Morgan fingerprint density at radius 1 is 1.50 bits per heavy atom. The predicted molar refractivity (Wildman–Crippen MR) is 70.6 cm³/mol. The van der Waals surface area contributed by atoms with Gasteiger partial charge in [0.25, 0.3) is 0 Å². The fourth-order valence-electron chi connectivity index (χ4n) is 1.16. The summed E-state index contributed by atoms with van der Waals surface area (Å²) in [5.74, 6) is 0.479. The molecule has 1 unspecified atom stereocenters. The molecule has 1 aromatic carbocycles. The van der Waals surface area contributed by atoms with Crippen molar-refractivity contribution in [3.05, 3.63) is 28.2 Å². The van der Waals surface area contributed by atoms with Crippen LogP contribution in [0, 0.1) is 0 Å². The lowest BCUT2D eigenvalue weighted by Crippen LogP contribution is -2.14. The van der Waals surface area contributed by atoms with Crippen molar-refractivity contribution in [2.75, 3.05) is 12.4 Å². The van der Waals surface area contributed by atoms with E-state index < -0.39 is 6.10 Å². The molecular weight excluding hydrogens is 290 g/mol. The van der Waals surface area contributed by atoms with Crippen LogP contribution >= 0.6 is 27.7 Å². The van der Waals surface area contributed by atoms with Gasteiger partial charge in [0, 0.05) is 21.2 Å². The van der Waals surface area contributed by atoms with Gasteiger partial charge in [0.2, 0.25) is 0 Å². The first-order chi connectivity index (χ1) is 7.54. The van der Waals surface area contributed by atoms with Crippen molar-refractivity contribution < 1.29 is 10.2 Å². The summed E-state index contributed by atoms with van der Waals surface area (Å²) >= 11 is 4.97. The third kappa shape index (κ3) is 4.07. The maximum absolute atomic E-state index is 9.25. The van der Waals surface area contributed by atoms with Crippen LogP contribution in [0.2, 0.25) is 0 Å². The minimum Gasteiger partial charge on any atom is -0.394 e. The Kier molecular flexibility index (Phi) is 5.78. The molecule has 90 valence electrons. The van der Waals surface area contributed by atoms with E-state index in [1.165, 1.54) is 11.8 Å². The smallest absolute Gasteiger partial charge is 0.0864 e. The zero-order valence-electron chi connectivity index (χ0n) is 9.06. The van der Waals surface area contributed by atoms with Crippen molar-refractivity contribution in [3.63, 3.8) is 0 Å². The highest BCUT2D eigenvalue weighted by molar-refractivity contribution is 9.10. The zero-order chi connectivity index (χ0) is 12.1. The van der Waals surface area contributed by atoms with E-state index in [1.807, 2.05) is 25.1 Å². The van der Waals surface area contributed by atoms with Crippen LogP contribution in [0.1, 0.15) is 18.5 Å². The first-order valence-electron chi connectivity index (χ1n) is 5.01. The summed E-state index contributed by atoms with van der Waals surface area (Å²) in [6, 6.07) is 5.94. The van der Waals surface area contributed by atoms with Crippen LogP contribution in [0.15, 0.2) is 27.6 Å². The second-order valence-electron chi connectivity index (χ2n) is 3.63. The predicted octanol–water partition coefficient (Wildman–Crippen LogP) is 1.91. The summed E-state index contributed by atoms with van der Waals surface area (Å²) in [6.07, 6.45) is -0.676. The lowest BCUT2D eigenvalue weighted by Gasteiger charge is -2.11. The molecule has 0 fully saturated rings. The van der Waals surface area contributed by atoms with Crippen molar-refractivity contribution in [2.45, 2.75) is 24.0 Å². The molecule has 0 amide bonds. The maximum Gasteiger partial charge on any atom is 0.0864 e. The number of hydrogen-bond acceptors (Lipinski definition) is 4. The average molecular weight is 306 g/mol. The first kappa shape index (κ1) is 14.0. The van der Waals surface area contributed by atoms with Gasteiger partial charge in [0.05, 0.1) is 12.7 Å². The monoisotopic (exact) mass is 305 g/mol. The summed E-state index contributed by atoms with van der Waals surface area (Å²) in [5, 5.41) is 18.0. The highest BCUT2D eigenvalue weighted by Gasteiger charge is 2.07. The van der Waals surface area contributed by atoms with Crippen molar-refractivity contribution in [1.82, 2.24) is 0 Å². The van der Waals surface area contributed by atoms with Crippen LogP contribution < -0.4 is 5.73 Å². The molecule has 16 heavy (non-hydrogen) atoms. The van der Waals surface area contributed by atoms with Gasteiger partial charge in [-0.25, -0.2) is 0 Å². The van der Waals surface area contributed by atoms with Crippen molar-refractivity contribution in [1.29, 1.82) is 0 Å². The van der Waals surface area contributed by atoms with E-state index in [0.717, 1.165) is 14.9 Å². The molecule has 2 atom stereocenters. The second-order valence-corrected chi connectivity index (χ2v) is 5.54. The van der Waals surface area contributed by atoms with Gasteiger partial charge >= 0.3 is 0 Å². The van der Waals surface area contributed by atoms with Gasteiger partial charge < -0.3 is 15.9 Å². The Morgan fingerprint density at radius 2 is 2.19 bits per heavy atom. The summed E-state index contributed by atoms with van der Waals surface area (Å²) in [5.41, 5.74) is 6.84. The Labute approximate surface area is 108 Å². The van der Waals surface area contributed by atoms with Crippen LogP contribution in [0.4, 0.5) is 0 Å². The number of hydrogen-bond donors (Lipinski definition) is 3. The number of halogens is 1. The summed E-state index contributed by atoms with van der Waals surface area (Å²) < 4.78 is 0.970. The quantitative estimate of drug-likeness (QED) is 0.727. The minimum atomic E-state index is -0.676. The molecule has 1 aromatic rings. The van der Waals surface area contributed by atoms with Crippen molar-refractivity contribution >= 4 is 27.7 Å². The van der Waals surface area contributed by atoms with E-state index in [9.17, 15) is 5.11 Å². The molecule has 0 aliphatic heterocycles. The number of aliphatic hydroxyl groups excluding tert-OH is 2. The fourth-order valence-corrected chi connectivity index (χ4v) is 2.73. The van der Waals surface area contributed by atoms with E-state index >= 15 is 0 Å². The number of thioether (sulfide) groups is 1. The highest BCUT2D eigenvalue weighted by atomic mass is 79.9. The third-order valence-corrected chi connectivity index (χ3v) is 4.26. The summed E-state index contributed by atoms with van der Waals surface area (Å²) in [4.78, 5) is 1.04. The Balaban J connectivity index is 2.68. The number of rotatable bonds is 5. The molecule has 0 aliphatic rings. The standard InChI is InChI=1S/C11H16BrNO2S/c1-7(13)8-2-3-11(10(12)4-8)16-6-9(15)5-14/h2-4,7,9,14-15H,5-6,13H2,1H3/t7-,9?/m1/s1. The minimum absolute atomic E-state index is 0.0124. The van der Waals surface area contributed by atoms with E-state index in [2.05, 4.69) is 15.9 Å². The molecule has 0 radical (unpaired) electrons. The Hall–Kier alpha value is -0.0700. The molecular formula is C11H16BrNO2S. The summed E-state index contributed by atoms with van der Waals surface area (Å²) in [6.45, 7) is 1.73. The number of aliphatic hydroxyl groups is 2. The van der Waals surface area contributed by atoms with Crippen LogP contribution in [0.25, 0.3) is 0 Å². The van der Waals surface area contributed by atoms with Gasteiger partial charge in [-0.15, -0.1) is 11.8 Å². The summed E-state index contributed by atoms with van der Waals surface area (Å²) in [7, 11) is 0. The molecule has 0 aliphatic carbocycles. The lowest BCUT2D eigenvalue weighted by atomic mass is 10.1. The molecule has 0 heterocycles. The Bertz CT molecular complexity index is 347. The van der Waals surface area contributed by atoms with E-state index in [-0.39, 0.29) is 12.6 Å². The van der Waals surface area contributed by atoms with Crippen LogP contribution in [-0.4, -0.2) is 28.7 Å². The van der Waals surface area contributed by atoms with Gasteiger partial charge in [0.1, 0.15) is 0 Å². The molecule has 0 saturated carbocycles. The SMILES string of the molecule is C[C@@H](N)c1ccc(SCC(O)CO)c(Br)c1.